The van der Waals surface area contributed by atoms with Gasteiger partial charge in [-0.2, -0.15) is 0 Å². The van der Waals surface area contributed by atoms with Crippen molar-refractivity contribution in [3.63, 3.8) is 0 Å². The van der Waals surface area contributed by atoms with Crippen molar-refractivity contribution in [3.05, 3.63) is 42.0 Å². The minimum absolute atomic E-state index is 0.319. The van der Waals surface area contributed by atoms with Gasteiger partial charge in [-0.15, -0.1) is 0 Å². The molecule has 1 aromatic rings. The van der Waals surface area contributed by atoms with Crippen LogP contribution in [0.25, 0.3) is 0 Å². The van der Waals surface area contributed by atoms with Gasteiger partial charge in [0.05, 0.1) is 12.2 Å². The summed E-state index contributed by atoms with van der Waals surface area (Å²) in [5.41, 5.74) is 0.737. The SMILES string of the molecule is C=C(C)C(=O)Oc1ccc(C(=O)OCC)cc1. The Labute approximate surface area is 99.8 Å². The summed E-state index contributed by atoms with van der Waals surface area (Å²) in [5.74, 6) is -0.523. The molecule has 0 bridgehead atoms. The Hall–Kier alpha value is -2.10. The average Bonchev–Trinajstić information content (AvgIpc) is 2.30. The Bertz CT molecular complexity index is 431. The maximum absolute atomic E-state index is 11.3. The third kappa shape index (κ3) is 3.75. The highest BCUT2D eigenvalue weighted by Crippen LogP contribution is 2.14. The average molecular weight is 234 g/mol. The van der Waals surface area contributed by atoms with Crippen LogP contribution in [0, 0.1) is 0 Å². The van der Waals surface area contributed by atoms with Crippen molar-refractivity contribution in [2.75, 3.05) is 6.61 Å². The number of carbonyl (C=O) groups is 2. The zero-order valence-electron chi connectivity index (χ0n) is 9.86. The van der Waals surface area contributed by atoms with E-state index in [1.165, 1.54) is 12.1 Å². The maximum Gasteiger partial charge on any atom is 0.338 e. The molecular formula is C13H14O4. The molecule has 0 aliphatic rings. The second kappa shape index (κ2) is 5.84. The molecule has 0 saturated carbocycles. The van der Waals surface area contributed by atoms with E-state index in [9.17, 15) is 9.59 Å². The number of hydrogen-bond acceptors (Lipinski definition) is 4. The standard InChI is InChI=1S/C13H14O4/c1-4-16-13(15)10-5-7-11(8-6-10)17-12(14)9(2)3/h5-8H,2,4H2,1,3H3. The third-order valence-corrected chi connectivity index (χ3v) is 1.92. The highest BCUT2D eigenvalue weighted by atomic mass is 16.5. The molecule has 0 aromatic heterocycles. The monoisotopic (exact) mass is 234 g/mol. The van der Waals surface area contributed by atoms with E-state index < -0.39 is 11.9 Å². The summed E-state index contributed by atoms with van der Waals surface area (Å²) in [6, 6.07) is 6.15. The number of rotatable bonds is 4. The first-order valence-electron chi connectivity index (χ1n) is 5.19. The lowest BCUT2D eigenvalue weighted by atomic mass is 10.2. The zero-order valence-corrected chi connectivity index (χ0v) is 9.86. The van der Waals surface area contributed by atoms with E-state index in [0.717, 1.165) is 0 Å². The Balaban J connectivity index is 2.71. The van der Waals surface area contributed by atoms with E-state index in [2.05, 4.69) is 6.58 Å². The van der Waals surface area contributed by atoms with Crippen molar-refractivity contribution in [2.24, 2.45) is 0 Å². The summed E-state index contributed by atoms with van der Waals surface area (Å²) in [7, 11) is 0. The molecule has 0 amide bonds. The van der Waals surface area contributed by atoms with Gasteiger partial charge in [0.15, 0.2) is 0 Å². The summed E-state index contributed by atoms with van der Waals surface area (Å²) in [5, 5.41) is 0. The van der Waals surface area contributed by atoms with E-state index in [4.69, 9.17) is 9.47 Å². The van der Waals surface area contributed by atoms with Gasteiger partial charge in [0, 0.05) is 5.57 Å². The fourth-order valence-corrected chi connectivity index (χ4v) is 1.07. The van der Waals surface area contributed by atoms with Crippen LogP contribution in [0.5, 0.6) is 5.75 Å². The molecule has 4 nitrogen and oxygen atoms in total. The summed E-state index contributed by atoms with van der Waals surface area (Å²) in [6.07, 6.45) is 0. The summed E-state index contributed by atoms with van der Waals surface area (Å²) in [6.45, 7) is 7.10. The van der Waals surface area contributed by atoms with Gasteiger partial charge in [-0.3, -0.25) is 0 Å². The molecule has 0 N–H and O–H groups in total. The first-order chi connectivity index (χ1) is 8.04. The van der Waals surface area contributed by atoms with Crippen LogP contribution in [0.2, 0.25) is 0 Å². The smallest absolute Gasteiger partial charge is 0.338 e. The van der Waals surface area contributed by atoms with Crippen LogP contribution in [0.3, 0.4) is 0 Å². The Morgan fingerprint density at radius 2 is 1.82 bits per heavy atom. The molecule has 90 valence electrons. The second-order valence-corrected chi connectivity index (χ2v) is 3.41. The van der Waals surface area contributed by atoms with Crippen LogP contribution in [0.15, 0.2) is 36.4 Å². The minimum Gasteiger partial charge on any atom is -0.462 e. The van der Waals surface area contributed by atoms with E-state index >= 15 is 0 Å². The molecule has 0 radical (unpaired) electrons. The van der Waals surface area contributed by atoms with Gasteiger partial charge >= 0.3 is 11.9 Å². The molecular weight excluding hydrogens is 220 g/mol. The largest absolute Gasteiger partial charge is 0.462 e. The van der Waals surface area contributed by atoms with Crippen molar-refractivity contribution in [1.82, 2.24) is 0 Å². The van der Waals surface area contributed by atoms with Crippen LogP contribution < -0.4 is 4.74 Å². The number of hydrogen-bond donors (Lipinski definition) is 0. The van der Waals surface area contributed by atoms with Gasteiger partial charge in [0.1, 0.15) is 5.75 Å². The molecule has 0 saturated heterocycles. The molecule has 0 fully saturated rings. The minimum atomic E-state index is -0.492. The van der Waals surface area contributed by atoms with E-state index in [0.29, 0.717) is 23.5 Å². The summed E-state index contributed by atoms with van der Waals surface area (Å²) in [4.78, 5) is 22.6. The topological polar surface area (TPSA) is 52.6 Å². The molecule has 0 aliphatic heterocycles. The maximum atomic E-state index is 11.3. The third-order valence-electron chi connectivity index (χ3n) is 1.92. The first kappa shape index (κ1) is 13.0. The normalized spacial score (nSPS) is 9.53. The predicted octanol–water partition coefficient (Wildman–Crippen LogP) is 2.34. The van der Waals surface area contributed by atoms with Crippen molar-refractivity contribution in [3.8, 4) is 5.75 Å². The van der Waals surface area contributed by atoms with Crippen LogP contribution in [0.1, 0.15) is 24.2 Å². The van der Waals surface area contributed by atoms with Crippen LogP contribution >= 0.6 is 0 Å². The van der Waals surface area contributed by atoms with E-state index in [-0.39, 0.29) is 0 Å². The van der Waals surface area contributed by atoms with Crippen molar-refractivity contribution < 1.29 is 19.1 Å². The molecule has 4 heteroatoms. The number of esters is 2. The quantitative estimate of drug-likeness (QED) is 0.456. The van der Waals surface area contributed by atoms with Gasteiger partial charge in [0.25, 0.3) is 0 Å². The number of ether oxygens (including phenoxy) is 2. The highest BCUT2D eigenvalue weighted by molar-refractivity contribution is 5.90. The van der Waals surface area contributed by atoms with Crippen molar-refractivity contribution in [1.29, 1.82) is 0 Å². The van der Waals surface area contributed by atoms with Gasteiger partial charge in [-0.25, -0.2) is 9.59 Å². The lowest BCUT2D eigenvalue weighted by Gasteiger charge is -2.05. The molecule has 0 heterocycles. The first-order valence-corrected chi connectivity index (χ1v) is 5.19. The summed E-state index contributed by atoms with van der Waals surface area (Å²) >= 11 is 0. The Kier molecular flexibility index (Phi) is 4.46. The van der Waals surface area contributed by atoms with Gasteiger partial charge < -0.3 is 9.47 Å². The Morgan fingerprint density at radius 1 is 1.24 bits per heavy atom. The van der Waals surface area contributed by atoms with Gasteiger partial charge in [-0.1, -0.05) is 6.58 Å². The number of carbonyl (C=O) groups excluding carboxylic acids is 2. The van der Waals surface area contributed by atoms with Crippen molar-refractivity contribution in [2.45, 2.75) is 13.8 Å². The Morgan fingerprint density at radius 3 is 2.29 bits per heavy atom. The fourth-order valence-electron chi connectivity index (χ4n) is 1.07. The lowest BCUT2D eigenvalue weighted by molar-refractivity contribution is -0.130. The molecule has 0 aliphatic carbocycles. The molecule has 0 atom stereocenters. The van der Waals surface area contributed by atoms with E-state index in [1.54, 1.807) is 26.0 Å². The molecule has 17 heavy (non-hydrogen) atoms. The van der Waals surface area contributed by atoms with Crippen LogP contribution in [-0.4, -0.2) is 18.5 Å². The molecule has 0 unspecified atom stereocenters. The molecule has 1 rings (SSSR count). The molecule has 1 aromatic carbocycles. The van der Waals surface area contributed by atoms with Crippen LogP contribution in [-0.2, 0) is 9.53 Å². The van der Waals surface area contributed by atoms with Gasteiger partial charge in [-0.05, 0) is 38.1 Å². The second-order valence-electron chi connectivity index (χ2n) is 3.41. The van der Waals surface area contributed by atoms with Gasteiger partial charge in [0.2, 0.25) is 0 Å². The van der Waals surface area contributed by atoms with Crippen LogP contribution in [0.4, 0.5) is 0 Å². The lowest BCUT2D eigenvalue weighted by Crippen LogP contribution is -2.09. The molecule has 0 spiro atoms. The highest BCUT2D eigenvalue weighted by Gasteiger charge is 2.08. The summed E-state index contributed by atoms with van der Waals surface area (Å²) < 4.78 is 9.81. The number of benzene rings is 1. The van der Waals surface area contributed by atoms with Crippen molar-refractivity contribution >= 4 is 11.9 Å². The fraction of sp³-hybridized carbons (Fsp3) is 0.231. The zero-order chi connectivity index (χ0) is 12.8. The van der Waals surface area contributed by atoms with E-state index in [1.807, 2.05) is 0 Å². The predicted molar refractivity (Wildman–Crippen MR) is 62.8 cm³/mol.